The summed E-state index contributed by atoms with van der Waals surface area (Å²) in [4.78, 5) is 13.6. The average Bonchev–Trinajstić information content (AvgIpc) is 2.27. The van der Waals surface area contributed by atoms with Gasteiger partial charge in [0.25, 0.3) is 0 Å². The maximum absolute atomic E-state index is 11.3. The Kier molecular flexibility index (Phi) is 3.64. The Hall–Kier alpha value is -1.55. The van der Waals surface area contributed by atoms with E-state index in [0.29, 0.717) is 5.56 Å². The van der Waals surface area contributed by atoms with E-state index < -0.39 is 12.1 Å². The molecular weight excluding hydrogens is 218 g/mol. The molecule has 1 heterocycles. The zero-order chi connectivity index (χ0) is 12.3. The zero-order valence-electron chi connectivity index (χ0n) is 9.93. The van der Waals surface area contributed by atoms with Gasteiger partial charge in [-0.3, -0.25) is 0 Å². The Labute approximate surface area is 101 Å². The minimum absolute atomic E-state index is 0.280. The lowest BCUT2D eigenvalue weighted by atomic mass is 10.1. The molecule has 1 atom stereocenters. The highest BCUT2D eigenvalue weighted by Crippen LogP contribution is 2.23. The lowest BCUT2D eigenvalue weighted by Crippen LogP contribution is -2.36. The van der Waals surface area contributed by atoms with E-state index in [9.17, 15) is 9.90 Å². The monoisotopic (exact) mass is 235 g/mol. The molecule has 0 spiro atoms. The van der Waals surface area contributed by atoms with Crippen molar-refractivity contribution in [3.63, 3.8) is 0 Å². The van der Waals surface area contributed by atoms with Crippen LogP contribution in [0.15, 0.2) is 24.3 Å². The van der Waals surface area contributed by atoms with Crippen molar-refractivity contribution in [2.45, 2.75) is 19.4 Å². The molecule has 1 fully saturated rings. The third kappa shape index (κ3) is 2.58. The van der Waals surface area contributed by atoms with Crippen molar-refractivity contribution in [3.05, 3.63) is 29.8 Å². The molecule has 2 rings (SSSR count). The highest BCUT2D eigenvalue weighted by molar-refractivity contribution is 5.76. The molecule has 1 saturated heterocycles. The van der Waals surface area contributed by atoms with Crippen LogP contribution in [0.3, 0.4) is 0 Å². The highest BCUT2D eigenvalue weighted by atomic mass is 16.5. The number of hydrogen-bond acceptors (Lipinski definition) is 4. The van der Waals surface area contributed by atoms with Crippen LogP contribution in [0.2, 0.25) is 0 Å². The van der Waals surface area contributed by atoms with E-state index in [4.69, 9.17) is 4.74 Å². The number of carbonyl (C=O) groups excluding carboxylic acids is 1. The number of aliphatic hydroxyl groups is 1. The maximum atomic E-state index is 11.3. The molecule has 4 nitrogen and oxygen atoms in total. The molecule has 0 amide bonds. The quantitative estimate of drug-likeness (QED) is 0.803. The fourth-order valence-electron chi connectivity index (χ4n) is 1.80. The van der Waals surface area contributed by atoms with Crippen LogP contribution in [0.1, 0.15) is 25.0 Å². The first kappa shape index (κ1) is 11.9. The number of esters is 1. The van der Waals surface area contributed by atoms with E-state index in [1.807, 2.05) is 12.1 Å². The van der Waals surface area contributed by atoms with Gasteiger partial charge in [0, 0.05) is 18.8 Å². The summed E-state index contributed by atoms with van der Waals surface area (Å²) in [7, 11) is 0. The third-order valence-electron chi connectivity index (χ3n) is 2.94. The van der Waals surface area contributed by atoms with Crippen molar-refractivity contribution in [1.29, 1.82) is 0 Å². The minimum Gasteiger partial charge on any atom is -0.464 e. The summed E-state index contributed by atoms with van der Waals surface area (Å²) in [5.41, 5.74) is 1.71. The smallest absolute Gasteiger partial charge is 0.339 e. The van der Waals surface area contributed by atoms with Crippen LogP contribution in [-0.4, -0.2) is 30.8 Å². The number of rotatable bonds is 4. The molecule has 92 valence electrons. The Morgan fingerprint density at radius 2 is 2.06 bits per heavy atom. The average molecular weight is 235 g/mol. The van der Waals surface area contributed by atoms with Crippen molar-refractivity contribution in [2.24, 2.45) is 0 Å². The molecule has 0 bridgehead atoms. The normalized spacial score (nSPS) is 16.2. The molecule has 17 heavy (non-hydrogen) atoms. The fourth-order valence-corrected chi connectivity index (χ4v) is 1.80. The van der Waals surface area contributed by atoms with Crippen LogP contribution in [0.25, 0.3) is 0 Å². The number of benzene rings is 1. The summed E-state index contributed by atoms with van der Waals surface area (Å²) in [6.45, 7) is 4.17. The van der Waals surface area contributed by atoms with E-state index in [2.05, 4.69) is 4.90 Å². The highest BCUT2D eigenvalue weighted by Gasteiger charge is 2.19. The number of aliphatic hydroxyl groups excluding tert-OH is 1. The number of nitrogens with zero attached hydrogens (tertiary/aromatic N) is 1. The third-order valence-corrected chi connectivity index (χ3v) is 2.94. The van der Waals surface area contributed by atoms with E-state index in [0.717, 1.165) is 18.8 Å². The maximum Gasteiger partial charge on any atom is 0.339 e. The van der Waals surface area contributed by atoms with Crippen LogP contribution in [0.5, 0.6) is 0 Å². The van der Waals surface area contributed by atoms with Gasteiger partial charge in [-0.2, -0.15) is 0 Å². The van der Waals surface area contributed by atoms with Gasteiger partial charge >= 0.3 is 5.97 Å². The van der Waals surface area contributed by atoms with E-state index in [-0.39, 0.29) is 6.61 Å². The lowest BCUT2D eigenvalue weighted by Gasteiger charge is -2.33. The first-order valence-electron chi connectivity index (χ1n) is 5.92. The summed E-state index contributed by atoms with van der Waals surface area (Å²) >= 11 is 0. The molecule has 0 aromatic heterocycles. The zero-order valence-corrected chi connectivity index (χ0v) is 9.93. The van der Waals surface area contributed by atoms with Gasteiger partial charge in [-0.05, 0) is 31.0 Å². The van der Waals surface area contributed by atoms with Gasteiger partial charge in [0.05, 0.1) is 6.61 Å². The number of carbonyl (C=O) groups is 1. The number of hydrogen-bond donors (Lipinski definition) is 1. The molecule has 1 aromatic rings. The van der Waals surface area contributed by atoms with Crippen molar-refractivity contribution >= 4 is 11.7 Å². The first-order chi connectivity index (χ1) is 8.22. The molecule has 0 saturated carbocycles. The Bertz CT molecular complexity index is 384. The van der Waals surface area contributed by atoms with Crippen molar-refractivity contribution < 1.29 is 14.6 Å². The summed E-state index contributed by atoms with van der Waals surface area (Å²) in [5, 5.41) is 9.73. The van der Waals surface area contributed by atoms with Gasteiger partial charge in [-0.15, -0.1) is 0 Å². The second-order valence-corrected chi connectivity index (χ2v) is 4.09. The standard InChI is InChI=1S/C13H17NO3/c1-2-17-13(16)12(15)10-4-6-11(7-5-10)14-8-3-9-14/h4-7,12,15H,2-3,8-9H2,1H3. The van der Waals surface area contributed by atoms with E-state index >= 15 is 0 Å². The topological polar surface area (TPSA) is 49.8 Å². The largest absolute Gasteiger partial charge is 0.464 e. The van der Waals surface area contributed by atoms with Gasteiger partial charge in [-0.25, -0.2) is 4.79 Å². The van der Waals surface area contributed by atoms with Crippen molar-refractivity contribution in [2.75, 3.05) is 24.6 Å². The van der Waals surface area contributed by atoms with Crippen LogP contribution in [0.4, 0.5) is 5.69 Å². The summed E-state index contributed by atoms with van der Waals surface area (Å²) in [5.74, 6) is -0.593. The van der Waals surface area contributed by atoms with Gasteiger partial charge in [-0.1, -0.05) is 12.1 Å². The SMILES string of the molecule is CCOC(=O)C(O)c1ccc(N2CCC2)cc1. The van der Waals surface area contributed by atoms with Crippen LogP contribution >= 0.6 is 0 Å². The predicted molar refractivity (Wildman–Crippen MR) is 64.9 cm³/mol. The van der Waals surface area contributed by atoms with Crippen LogP contribution < -0.4 is 4.90 Å². The van der Waals surface area contributed by atoms with Gasteiger partial charge in [0.15, 0.2) is 6.10 Å². The molecule has 1 aliphatic rings. The first-order valence-corrected chi connectivity index (χ1v) is 5.92. The predicted octanol–water partition coefficient (Wildman–Crippen LogP) is 1.49. The summed E-state index contributed by atoms with van der Waals surface area (Å²) in [6, 6.07) is 7.40. The fraction of sp³-hybridized carbons (Fsp3) is 0.462. The Morgan fingerprint density at radius 3 is 2.53 bits per heavy atom. The van der Waals surface area contributed by atoms with Gasteiger partial charge in [0.1, 0.15) is 0 Å². The molecule has 4 heteroatoms. The van der Waals surface area contributed by atoms with Crippen molar-refractivity contribution in [1.82, 2.24) is 0 Å². The van der Waals surface area contributed by atoms with Crippen molar-refractivity contribution in [3.8, 4) is 0 Å². The van der Waals surface area contributed by atoms with Gasteiger partial charge < -0.3 is 14.7 Å². The Balaban J connectivity index is 2.03. The summed E-state index contributed by atoms with van der Waals surface area (Å²) < 4.78 is 4.77. The molecule has 1 unspecified atom stereocenters. The molecule has 0 aliphatic carbocycles. The van der Waals surface area contributed by atoms with Crippen LogP contribution in [-0.2, 0) is 9.53 Å². The second kappa shape index (κ2) is 5.19. The van der Waals surface area contributed by atoms with E-state index in [1.165, 1.54) is 6.42 Å². The molecular formula is C13H17NO3. The second-order valence-electron chi connectivity index (χ2n) is 4.09. The number of ether oxygens (including phenoxy) is 1. The van der Waals surface area contributed by atoms with Gasteiger partial charge in [0.2, 0.25) is 0 Å². The molecule has 1 N–H and O–H groups in total. The van der Waals surface area contributed by atoms with E-state index in [1.54, 1.807) is 19.1 Å². The molecule has 1 aliphatic heterocycles. The lowest BCUT2D eigenvalue weighted by molar-refractivity contribution is -0.153. The summed E-state index contributed by atoms with van der Waals surface area (Å²) in [6.07, 6.45) is 0.0492. The molecule has 1 aromatic carbocycles. The Morgan fingerprint density at radius 1 is 1.41 bits per heavy atom. The minimum atomic E-state index is -1.18. The number of anilines is 1. The van der Waals surface area contributed by atoms with Crippen LogP contribution in [0, 0.1) is 0 Å². The molecule has 0 radical (unpaired) electrons.